The van der Waals surface area contributed by atoms with Crippen molar-refractivity contribution in [2.45, 2.75) is 65.5 Å². The van der Waals surface area contributed by atoms with E-state index in [9.17, 15) is 18.3 Å². The number of thiazole rings is 1. The Balaban J connectivity index is 0.000000271. The first kappa shape index (κ1) is 35.9. The molecule has 8 nitrogen and oxygen atoms in total. The van der Waals surface area contributed by atoms with Crippen LogP contribution in [0, 0.1) is 18.7 Å². The molecule has 2 aromatic carbocycles. The topological polar surface area (TPSA) is 133 Å². The third-order valence-corrected chi connectivity index (χ3v) is 7.99. The number of anilines is 2. The molecule has 1 saturated carbocycles. The van der Waals surface area contributed by atoms with Crippen LogP contribution in [0.15, 0.2) is 53.7 Å². The molecule has 4 aromatic rings. The lowest BCUT2D eigenvalue weighted by Gasteiger charge is -2.12. The predicted molar refractivity (Wildman–Crippen MR) is 174 cm³/mol. The van der Waals surface area contributed by atoms with Gasteiger partial charge in [0.2, 0.25) is 0 Å². The van der Waals surface area contributed by atoms with Crippen LogP contribution in [0.25, 0.3) is 11.3 Å². The molecule has 4 N–H and O–H groups in total. The number of nitrogens with two attached hydrogens (primary N) is 1. The quantitative estimate of drug-likeness (QED) is 0.163. The second kappa shape index (κ2) is 17.8. The molecule has 12 heteroatoms. The van der Waals surface area contributed by atoms with E-state index in [-0.39, 0.29) is 15.8 Å². The molecule has 5 rings (SSSR count). The van der Waals surface area contributed by atoms with Gasteiger partial charge in [0.15, 0.2) is 16.6 Å². The number of rotatable bonds is 8. The Morgan fingerprint density at radius 1 is 1.21 bits per heavy atom. The Bertz CT molecular complexity index is 1500. The van der Waals surface area contributed by atoms with Crippen LogP contribution in [0.1, 0.15) is 56.5 Å². The average molecular weight is 650 g/mol. The van der Waals surface area contributed by atoms with Crippen molar-refractivity contribution in [3.05, 3.63) is 75.5 Å². The number of phenols is 1. The van der Waals surface area contributed by atoms with Gasteiger partial charge in [-0.1, -0.05) is 51.4 Å². The molecular formula is C31H39ClFN4O4S2-. The Morgan fingerprint density at radius 2 is 1.91 bits per heavy atom. The van der Waals surface area contributed by atoms with Gasteiger partial charge in [0.05, 0.1) is 29.7 Å². The van der Waals surface area contributed by atoms with E-state index in [2.05, 4.69) is 15.3 Å². The largest absolute Gasteiger partial charge is 0.767 e. The van der Waals surface area contributed by atoms with Crippen LogP contribution < -0.4 is 15.8 Å². The number of hydrogen-bond donors (Lipinski definition) is 3. The third kappa shape index (κ3) is 10.5. The molecule has 1 fully saturated rings. The smallest absolute Gasteiger partial charge is 0.180 e. The lowest BCUT2D eigenvalue weighted by atomic mass is 10.1. The van der Waals surface area contributed by atoms with Gasteiger partial charge in [0.1, 0.15) is 10.8 Å². The monoisotopic (exact) mass is 649 g/mol. The van der Waals surface area contributed by atoms with E-state index in [1.165, 1.54) is 48.4 Å². The number of nitrogens with zero attached hydrogens (tertiary/aromatic N) is 2. The van der Waals surface area contributed by atoms with Crippen LogP contribution in [0.4, 0.5) is 15.2 Å². The van der Waals surface area contributed by atoms with Crippen molar-refractivity contribution in [3.8, 4) is 22.8 Å². The first-order chi connectivity index (χ1) is 20.7. The van der Waals surface area contributed by atoms with Crippen LogP contribution in [-0.4, -0.2) is 30.9 Å². The molecule has 1 atom stereocenters. The summed E-state index contributed by atoms with van der Waals surface area (Å²) in [6, 6.07) is 11.6. The van der Waals surface area contributed by atoms with Gasteiger partial charge in [-0.15, -0.1) is 11.3 Å². The highest BCUT2D eigenvalue weighted by molar-refractivity contribution is 7.79. The van der Waals surface area contributed by atoms with E-state index in [4.69, 9.17) is 22.1 Å². The Morgan fingerprint density at radius 3 is 2.49 bits per heavy atom. The number of benzene rings is 2. The molecule has 2 heterocycles. The summed E-state index contributed by atoms with van der Waals surface area (Å²) < 4.78 is 40.0. The number of ether oxygens (including phenoxy) is 1. The summed E-state index contributed by atoms with van der Waals surface area (Å²) in [6.07, 6.45) is 5.01. The molecule has 1 aliphatic carbocycles. The minimum Gasteiger partial charge on any atom is -0.767 e. The van der Waals surface area contributed by atoms with Gasteiger partial charge in [0.25, 0.3) is 0 Å². The summed E-state index contributed by atoms with van der Waals surface area (Å²) in [6.45, 7) is 10.0. The number of nitrogen functional groups attached to an aromatic ring is 1. The van der Waals surface area contributed by atoms with Crippen LogP contribution in [0.5, 0.6) is 11.5 Å². The van der Waals surface area contributed by atoms with Crippen LogP contribution in [0.3, 0.4) is 0 Å². The van der Waals surface area contributed by atoms with E-state index in [0.29, 0.717) is 34.2 Å². The molecule has 0 aliphatic heterocycles. The highest BCUT2D eigenvalue weighted by Crippen LogP contribution is 2.39. The second-order valence-electron chi connectivity index (χ2n) is 9.00. The van der Waals surface area contributed by atoms with Crippen molar-refractivity contribution in [2.75, 3.05) is 18.2 Å². The standard InChI is InChI=1S/C14H16N2O4S.C13H12ClFN2S.2C2H6/c1-9-6-11(8-16-14(9)21(18)19)15-7-10-4-3-5-12(20-2)13(10)17;14-9-6-8(3-4-10(9)15)12-11(5-7-1-2-7)18-13(16)17-12;2*1-2/h3-6,8,15,17H,7H2,1-2H3,(H,18,19);3-4,6-7H,1-2,5H2,(H2,16,17);2*1-2H3/p-1. The van der Waals surface area contributed by atoms with Crippen molar-refractivity contribution in [3.63, 3.8) is 0 Å². The maximum Gasteiger partial charge on any atom is 0.180 e. The zero-order valence-corrected chi connectivity index (χ0v) is 27.6. The van der Waals surface area contributed by atoms with Crippen LogP contribution in [-0.2, 0) is 24.0 Å². The molecule has 0 amide bonds. The molecule has 1 aliphatic rings. The molecule has 2 aromatic heterocycles. The number of aromatic hydroxyl groups is 1. The summed E-state index contributed by atoms with van der Waals surface area (Å²) in [5.41, 5.74) is 9.37. The predicted octanol–water partition coefficient (Wildman–Crippen LogP) is 8.14. The summed E-state index contributed by atoms with van der Waals surface area (Å²) >= 11 is 4.99. The number of aryl methyl sites for hydroxylation is 1. The number of halogens is 2. The van der Waals surface area contributed by atoms with Crippen LogP contribution >= 0.6 is 22.9 Å². The summed E-state index contributed by atoms with van der Waals surface area (Å²) in [4.78, 5) is 9.41. The number of phenolic OH excluding ortho intramolecular Hbond substituents is 1. The molecule has 43 heavy (non-hydrogen) atoms. The van der Waals surface area contributed by atoms with Gasteiger partial charge in [0, 0.05) is 22.5 Å². The first-order valence-electron chi connectivity index (χ1n) is 14.0. The van der Waals surface area contributed by atoms with Gasteiger partial charge in [-0.3, -0.25) is 4.21 Å². The van der Waals surface area contributed by atoms with Gasteiger partial charge in [-0.05, 0) is 79.1 Å². The van der Waals surface area contributed by atoms with E-state index in [1.54, 1.807) is 43.3 Å². The van der Waals surface area contributed by atoms with E-state index >= 15 is 0 Å². The number of para-hydroxylation sites is 1. The molecule has 0 spiro atoms. The van der Waals surface area contributed by atoms with E-state index < -0.39 is 16.9 Å². The average Bonchev–Trinajstić information content (AvgIpc) is 3.75. The van der Waals surface area contributed by atoms with Gasteiger partial charge >= 0.3 is 0 Å². The number of aromatic nitrogens is 2. The summed E-state index contributed by atoms with van der Waals surface area (Å²) in [5.74, 6) is 0.835. The van der Waals surface area contributed by atoms with Gasteiger partial charge in [-0.25, -0.2) is 14.4 Å². The fraction of sp³-hybridized carbons (Fsp3) is 0.355. The van der Waals surface area contributed by atoms with Crippen LogP contribution in [0.2, 0.25) is 5.02 Å². The summed E-state index contributed by atoms with van der Waals surface area (Å²) in [7, 11) is 1.49. The third-order valence-electron chi connectivity index (χ3n) is 6.05. The van der Waals surface area contributed by atoms with Gasteiger partial charge in [-0.2, -0.15) is 0 Å². The first-order valence-corrected chi connectivity index (χ1v) is 16.3. The number of hydrogen-bond acceptors (Lipinski definition) is 9. The zero-order chi connectivity index (χ0) is 32.1. The minimum atomic E-state index is -2.34. The lowest BCUT2D eigenvalue weighted by molar-refractivity contribution is 0.371. The maximum absolute atomic E-state index is 13.2. The maximum atomic E-state index is 13.2. The Hall–Kier alpha value is -3.25. The molecule has 0 saturated heterocycles. The van der Waals surface area contributed by atoms with Gasteiger partial charge < -0.3 is 25.4 Å². The second-order valence-corrected chi connectivity index (χ2v) is 11.4. The molecule has 1 unspecified atom stereocenters. The lowest BCUT2D eigenvalue weighted by Crippen LogP contribution is -2.03. The van der Waals surface area contributed by atoms with E-state index in [1.807, 2.05) is 27.7 Å². The molecule has 0 radical (unpaired) electrons. The Labute approximate surface area is 264 Å². The van der Waals surface area contributed by atoms with Crippen molar-refractivity contribution in [1.29, 1.82) is 0 Å². The van der Waals surface area contributed by atoms with Crippen molar-refractivity contribution in [2.24, 2.45) is 5.92 Å². The fourth-order valence-corrected chi connectivity index (χ4v) is 5.48. The SMILES string of the molecule is CC.CC.COc1cccc(CNc2cnc(S(=O)[O-])c(C)c2)c1O.Nc1nc(-c2ccc(F)c(Cl)c2)c(CC2CC2)s1. The summed E-state index contributed by atoms with van der Waals surface area (Å²) in [5, 5.41) is 13.8. The zero-order valence-electron chi connectivity index (χ0n) is 25.2. The molecule has 0 bridgehead atoms. The van der Waals surface area contributed by atoms with Crippen molar-refractivity contribution >= 4 is 44.8 Å². The highest BCUT2D eigenvalue weighted by Gasteiger charge is 2.25. The van der Waals surface area contributed by atoms with Crippen molar-refractivity contribution in [1.82, 2.24) is 9.97 Å². The normalized spacial score (nSPS) is 12.4. The van der Waals surface area contributed by atoms with E-state index in [0.717, 1.165) is 23.6 Å². The minimum absolute atomic E-state index is 0.0322. The Kier molecular flexibility index (Phi) is 14.9. The fourth-order valence-electron chi connectivity index (χ4n) is 3.87. The highest BCUT2D eigenvalue weighted by atomic mass is 35.5. The molecular weight excluding hydrogens is 611 g/mol. The number of methoxy groups -OCH3 is 1. The number of pyridine rings is 1. The molecule has 234 valence electrons. The van der Waals surface area contributed by atoms with Crippen molar-refractivity contribution < 1.29 is 23.0 Å². The number of nitrogens with one attached hydrogen (secondary N) is 1.